The van der Waals surface area contributed by atoms with Crippen molar-refractivity contribution in [2.45, 2.75) is 26.4 Å². The van der Waals surface area contributed by atoms with Gasteiger partial charge in [0.15, 0.2) is 0 Å². The molecule has 0 aromatic heterocycles. The van der Waals surface area contributed by atoms with Crippen LogP contribution in [0.2, 0.25) is 0 Å². The number of hydrogen-bond acceptors (Lipinski definition) is 3. The Hall–Kier alpha value is -0.650. The molecule has 100 valence electrons. The highest BCUT2D eigenvalue weighted by Gasteiger charge is 2.13. The van der Waals surface area contributed by atoms with Gasteiger partial charge in [0.1, 0.15) is 5.75 Å². The Kier molecular flexibility index (Phi) is 6.05. The van der Waals surface area contributed by atoms with E-state index in [0.717, 1.165) is 16.8 Å². The van der Waals surface area contributed by atoms with Crippen LogP contribution in [0.1, 0.15) is 19.4 Å². The van der Waals surface area contributed by atoms with Gasteiger partial charge in [-0.3, -0.25) is 4.90 Å². The molecule has 0 amide bonds. The summed E-state index contributed by atoms with van der Waals surface area (Å²) in [4.78, 5) is 2.74. The molecule has 0 aliphatic rings. The predicted molar refractivity (Wildman–Crippen MR) is 83.0 cm³/mol. The minimum Gasteiger partial charge on any atom is -0.497 e. The molecule has 0 bridgehead atoms. The van der Waals surface area contributed by atoms with Gasteiger partial charge in [-0.1, -0.05) is 28.1 Å². The molecule has 0 heterocycles. The van der Waals surface area contributed by atoms with Crippen molar-refractivity contribution in [3.05, 3.63) is 28.2 Å². The van der Waals surface area contributed by atoms with Crippen molar-refractivity contribution in [2.75, 3.05) is 13.7 Å². The van der Waals surface area contributed by atoms with Crippen molar-refractivity contribution in [2.24, 2.45) is 5.73 Å². The lowest BCUT2D eigenvalue weighted by Crippen LogP contribution is -2.37. The Morgan fingerprint density at radius 2 is 2.17 bits per heavy atom. The van der Waals surface area contributed by atoms with Crippen LogP contribution in [0.4, 0.5) is 0 Å². The number of rotatable bonds is 6. The van der Waals surface area contributed by atoms with E-state index in [-0.39, 0.29) is 0 Å². The van der Waals surface area contributed by atoms with Crippen molar-refractivity contribution in [1.29, 1.82) is 0 Å². The molecule has 0 unspecified atom stereocenters. The summed E-state index contributed by atoms with van der Waals surface area (Å²) in [6, 6.07) is 6.33. The second-order valence-corrected chi connectivity index (χ2v) is 5.80. The fourth-order valence-electron chi connectivity index (χ4n) is 1.64. The molecule has 0 fully saturated rings. The first-order chi connectivity index (χ1) is 8.43. The molecule has 0 radical (unpaired) electrons. The number of halogens is 1. The van der Waals surface area contributed by atoms with E-state index in [0.29, 0.717) is 17.6 Å². The molecule has 0 aliphatic carbocycles. The van der Waals surface area contributed by atoms with Gasteiger partial charge in [-0.25, -0.2) is 0 Å². The fraction of sp³-hybridized carbons (Fsp3) is 0.462. The van der Waals surface area contributed by atoms with Crippen molar-refractivity contribution < 1.29 is 4.74 Å². The number of thiocarbonyl (C=S) groups is 1. The second kappa shape index (κ2) is 7.07. The maximum Gasteiger partial charge on any atom is 0.119 e. The van der Waals surface area contributed by atoms with E-state index in [9.17, 15) is 0 Å². The molecule has 1 aromatic rings. The van der Waals surface area contributed by atoms with E-state index < -0.39 is 0 Å². The first-order valence-electron chi connectivity index (χ1n) is 5.78. The number of nitrogens with zero attached hydrogens (tertiary/aromatic N) is 1. The predicted octanol–water partition coefficient (Wildman–Crippen LogP) is 2.95. The highest BCUT2D eigenvalue weighted by molar-refractivity contribution is 9.10. The Bertz CT molecular complexity index is 423. The quantitative estimate of drug-likeness (QED) is 0.814. The SMILES string of the molecule is COc1ccc(Br)c(CN(CC(N)=S)C(C)C)c1. The van der Waals surface area contributed by atoms with Gasteiger partial charge in [0.25, 0.3) is 0 Å². The molecular weight excluding hydrogens is 312 g/mol. The largest absolute Gasteiger partial charge is 0.497 e. The van der Waals surface area contributed by atoms with Crippen LogP contribution in [0.3, 0.4) is 0 Å². The van der Waals surface area contributed by atoms with E-state index in [1.54, 1.807) is 7.11 Å². The smallest absolute Gasteiger partial charge is 0.119 e. The summed E-state index contributed by atoms with van der Waals surface area (Å²) in [6.07, 6.45) is 0. The van der Waals surface area contributed by atoms with E-state index >= 15 is 0 Å². The molecule has 0 aliphatic heterocycles. The molecule has 0 spiro atoms. The summed E-state index contributed by atoms with van der Waals surface area (Å²) in [7, 11) is 1.67. The Labute approximate surface area is 122 Å². The summed E-state index contributed by atoms with van der Waals surface area (Å²) in [5.74, 6) is 0.854. The van der Waals surface area contributed by atoms with Crippen molar-refractivity contribution in [3.8, 4) is 5.75 Å². The van der Waals surface area contributed by atoms with Gasteiger partial charge in [-0.15, -0.1) is 0 Å². The topological polar surface area (TPSA) is 38.5 Å². The number of ether oxygens (including phenoxy) is 1. The van der Waals surface area contributed by atoms with Gasteiger partial charge in [-0.05, 0) is 37.6 Å². The molecule has 18 heavy (non-hydrogen) atoms. The van der Waals surface area contributed by atoms with Crippen LogP contribution in [-0.2, 0) is 6.54 Å². The third-order valence-electron chi connectivity index (χ3n) is 2.72. The van der Waals surface area contributed by atoms with E-state index in [1.807, 2.05) is 18.2 Å². The van der Waals surface area contributed by atoms with Crippen LogP contribution >= 0.6 is 28.1 Å². The Morgan fingerprint density at radius 1 is 1.50 bits per heavy atom. The molecule has 0 saturated carbocycles. The zero-order valence-electron chi connectivity index (χ0n) is 10.9. The van der Waals surface area contributed by atoms with Gasteiger partial charge in [0, 0.05) is 23.6 Å². The van der Waals surface area contributed by atoms with Crippen molar-refractivity contribution >= 4 is 33.1 Å². The molecule has 2 N–H and O–H groups in total. The van der Waals surface area contributed by atoms with Crippen LogP contribution < -0.4 is 10.5 Å². The van der Waals surface area contributed by atoms with E-state index in [1.165, 1.54) is 5.56 Å². The number of hydrogen-bond donors (Lipinski definition) is 1. The molecule has 0 atom stereocenters. The first kappa shape index (κ1) is 15.4. The number of benzene rings is 1. The van der Waals surface area contributed by atoms with Crippen LogP contribution in [0.15, 0.2) is 22.7 Å². The maximum atomic E-state index is 5.63. The number of nitrogens with two attached hydrogens (primary N) is 1. The van der Waals surface area contributed by atoms with Crippen molar-refractivity contribution in [1.82, 2.24) is 4.90 Å². The minimum absolute atomic E-state index is 0.379. The lowest BCUT2D eigenvalue weighted by Gasteiger charge is -2.26. The zero-order chi connectivity index (χ0) is 13.7. The summed E-state index contributed by atoms with van der Waals surface area (Å²) in [5.41, 5.74) is 6.80. The lowest BCUT2D eigenvalue weighted by molar-refractivity contribution is 0.244. The monoisotopic (exact) mass is 330 g/mol. The van der Waals surface area contributed by atoms with Crippen LogP contribution in [0.25, 0.3) is 0 Å². The molecular formula is C13H19BrN2OS. The maximum absolute atomic E-state index is 5.63. The van der Waals surface area contributed by atoms with E-state index in [4.69, 9.17) is 22.7 Å². The first-order valence-corrected chi connectivity index (χ1v) is 6.99. The van der Waals surface area contributed by atoms with Gasteiger partial charge in [0.05, 0.1) is 12.1 Å². The molecule has 1 rings (SSSR count). The average Bonchev–Trinajstić information content (AvgIpc) is 2.30. The summed E-state index contributed by atoms with van der Waals surface area (Å²) >= 11 is 8.55. The third-order valence-corrected chi connectivity index (χ3v) is 3.62. The minimum atomic E-state index is 0.379. The standard InChI is InChI=1S/C13H19BrN2OS/c1-9(2)16(8-13(15)18)7-10-6-11(17-3)4-5-12(10)14/h4-6,9H,7-8H2,1-3H3,(H2,15,18). The fourth-order valence-corrected chi connectivity index (χ4v) is 2.18. The average molecular weight is 331 g/mol. The molecule has 0 saturated heterocycles. The van der Waals surface area contributed by atoms with Crippen LogP contribution in [0, 0.1) is 0 Å². The normalized spacial score (nSPS) is 11.0. The van der Waals surface area contributed by atoms with Gasteiger partial charge < -0.3 is 10.5 Å². The van der Waals surface area contributed by atoms with Crippen LogP contribution in [0.5, 0.6) is 5.75 Å². The van der Waals surface area contributed by atoms with Gasteiger partial charge >= 0.3 is 0 Å². The van der Waals surface area contributed by atoms with Crippen LogP contribution in [-0.4, -0.2) is 29.6 Å². The third kappa shape index (κ3) is 4.55. The molecule has 5 heteroatoms. The lowest BCUT2D eigenvalue weighted by atomic mass is 10.1. The molecule has 3 nitrogen and oxygen atoms in total. The summed E-state index contributed by atoms with van der Waals surface area (Å²) in [5, 5.41) is 0. The second-order valence-electron chi connectivity index (χ2n) is 4.42. The van der Waals surface area contributed by atoms with Crippen molar-refractivity contribution in [3.63, 3.8) is 0 Å². The van der Waals surface area contributed by atoms with Gasteiger partial charge in [0.2, 0.25) is 0 Å². The highest BCUT2D eigenvalue weighted by atomic mass is 79.9. The Morgan fingerprint density at radius 3 is 2.67 bits per heavy atom. The Balaban J connectivity index is 2.88. The van der Waals surface area contributed by atoms with E-state index in [2.05, 4.69) is 34.7 Å². The summed E-state index contributed by atoms with van der Waals surface area (Å²) < 4.78 is 6.31. The molecule has 1 aromatic carbocycles. The number of methoxy groups -OCH3 is 1. The van der Waals surface area contributed by atoms with Gasteiger partial charge in [-0.2, -0.15) is 0 Å². The highest BCUT2D eigenvalue weighted by Crippen LogP contribution is 2.24. The zero-order valence-corrected chi connectivity index (χ0v) is 13.3. The summed E-state index contributed by atoms with van der Waals surface area (Å²) in [6.45, 7) is 5.67.